The summed E-state index contributed by atoms with van der Waals surface area (Å²) in [6.07, 6.45) is 0. The Bertz CT molecular complexity index is 388. The van der Waals surface area contributed by atoms with E-state index in [1.807, 2.05) is 19.9 Å². The van der Waals surface area contributed by atoms with Crippen molar-refractivity contribution in [1.29, 1.82) is 0 Å². The molecule has 1 aromatic heterocycles. The molecule has 0 aromatic carbocycles. The van der Waals surface area contributed by atoms with Crippen molar-refractivity contribution in [3.05, 3.63) is 17.5 Å². The van der Waals surface area contributed by atoms with Crippen molar-refractivity contribution in [2.24, 2.45) is 11.8 Å². The minimum Gasteiger partial charge on any atom is -0.481 e. The lowest BCUT2D eigenvalue weighted by Gasteiger charge is -2.12. The van der Waals surface area contributed by atoms with Gasteiger partial charge in [0.05, 0.1) is 11.6 Å². The molecule has 5 heteroatoms. The van der Waals surface area contributed by atoms with Crippen LogP contribution >= 0.6 is 0 Å². The molecule has 1 aromatic rings. The lowest BCUT2D eigenvalue weighted by atomic mass is 9.99. The van der Waals surface area contributed by atoms with E-state index in [0.29, 0.717) is 13.1 Å². The van der Waals surface area contributed by atoms with Gasteiger partial charge in [0, 0.05) is 25.7 Å². The maximum absolute atomic E-state index is 11.0. The summed E-state index contributed by atoms with van der Waals surface area (Å²) in [5, 5.41) is 12.9. The number of likely N-dealkylation sites (tertiary alicyclic amines) is 1. The molecule has 2 heterocycles. The molecule has 0 saturated carbocycles. The molecule has 2 atom stereocenters. The third-order valence-corrected chi connectivity index (χ3v) is 3.07. The van der Waals surface area contributed by atoms with Crippen molar-refractivity contribution in [3.63, 3.8) is 0 Å². The van der Waals surface area contributed by atoms with E-state index in [2.05, 4.69) is 10.1 Å². The Labute approximate surface area is 94.0 Å². The van der Waals surface area contributed by atoms with Gasteiger partial charge in [0.1, 0.15) is 5.76 Å². The van der Waals surface area contributed by atoms with Crippen LogP contribution < -0.4 is 0 Å². The van der Waals surface area contributed by atoms with Gasteiger partial charge in [-0.25, -0.2) is 0 Å². The fraction of sp³-hybridized carbons (Fsp3) is 0.636. The van der Waals surface area contributed by atoms with Crippen molar-refractivity contribution in [2.75, 3.05) is 13.1 Å². The molecule has 0 spiro atoms. The first-order valence-corrected chi connectivity index (χ1v) is 5.43. The minimum atomic E-state index is -0.702. The number of hydrogen-bond acceptors (Lipinski definition) is 4. The highest BCUT2D eigenvalue weighted by atomic mass is 16.5. The van der Waals surface area contributed by atoms with E-state index >= 15 is 0 Å². The van der Waals surface area contributed by atoms with Gasteiger partial charge in [-0.3, -0.25) is 9.69 Å². The first-order chi connectivity index (χ1) is 7.56. The summed E-state index contributed by atoms with van der Waals surface area (Å²) in [6.45, 7) is 5.91. The summed E-state index contributed by atoms with van der Waals surface area (Å²) in [4.78, 5) is 13.1. The molecule has 2 rings (SSSR count). The van der Waals surface area contributed by atoms with Crippen LogP contribution in [0, 0.1) is 18.8 Å². The Hall–Kier alpha value is -1.36. The van der Waals surface area contributed by atoms with Crippen LogP contribution in [0.2, 0.25) is 0 Å². The number of aryl methyl sites for hydroxylation is 1. The average Bonchev–Trinajstić information content (AvgIpc) is 2.73. The Morgan fingerprint density at radius 3 is 2.94 bits per heavy atom. The van der Waals surface area contributed by atoms with Crippen LogP contribution in [0.1, 0.15) is 18.4 Å². The summed E-state index contributed by atoms with van der Waals surface area (Å²) in [5.41, 5.74) is 0.871. The monoisotopic (exact) mass is 224 g/mol. The summed E-state index contributed by atoms with van der Waals surface area (Å²) in [6, 6.07) is 1.89. The van der Waals surface area contributed by atoms with Gasteiger partial charge in [-0.2, -0.15) is 0 Å². The van der Waals surface area contributed by atoms with Gasteiger partial charge in [0.15, 0.2) is 0 Å². The largest absolute Gasteiger partial charge is 0.481 e. The van der Waals surface area contributed by atoms with Crippen molar-refractivity contribution in [1.82, 2.24) is 10.1 Å². The Kier molecular flexibility index (Phi) is 2.96. The molecule has 1 fully saturated rings. The van der Waals surface area contributed by atoms with Crippen LogP contribution in [0.4, 0.5) is 0 Å². The fourth-order valence-electron chi connectivity index (χ4n) is 2.24. The molecule has 2 unspecified atom stereocenters. The second-order valence-electron chi connectivity index (χ2n) is 4.54. The lowest BCUT2D eigenvalue weighted by molar-refractivity contribution is -0.142. The van der Waals surface area contributed by atoms with Gasteiger partial charge < -0.3 is 9.63 Å². The van der Waals surface area contributed by atoms with E-state index in [9.17, 15) is 4.79 Å². The Balaban J connectivity index is 1.96. The highest BCUT2D eigenvalue weighted by Gasteiger charge is 2.34. The van der Waals surface area contributed by atoms with Crippen molar-refractivity contribution >= 4 is 5.97 Å². The van der Waals surface area contributed by atoms with Crippen molar-refractivity contribution < 1.29 is 14.4 Å². The number of carboxylic acids is 1. The molecule has 0 radical (unpaired) electrons. The number of carboxylic acid groups (broad SMARTS) is 1. The fourth-order valence-corrected chi connectivity index (χ4v) is 2.24. The first kappa shape index (κ1) is 11.1. The Morgan fingerprint density at radius 2 is 2.44 bits per heavy atom. The normalized spacial score (nSPS) is 26.1. The molecule has 1 aliphatic rings. The molecular weight excluding hydrogens is 208 g/mol. The zero-order valence-electron chi connectivity index (χ0n) is 9.51. The minimum absolute atomic E-state index is 0.200. The molecule has 0 bridgehead atoms. The molecule has 0 aliphatic carbocycles. The van der Waals surface area contributed by atoms with Gasteiger partial charge in [0.25, 0.3) is 0 Å². The Morgan fingerprint density at radius 1 is 1.69 bits per heavy atom. The number of nitrogens with zero attached hydrogens (tertiary/aromatic N) is 2. The van der Waals surface area contributed by atoms with Crippen molar-refractivity contribution in [3.8, 4) is 0 Å². The summed E-state index contributed by atoms with van der Waals surface area (Å²) in [5.74, 6) is 0.0295. The highest BCUT2D eigenvalue weighted by molar-refractivity contribution is 5.71. The zero-order chi connectivity index (χ0) is 11.7. The second kappa shape index (κ2) is 4.25. The number of hydrogen-bond donors (Lipinski definition) is 1. The molecule has 1 saturated heterocycles. The molecular formula is C11H16N2O3. The van der Waals surface area contributed by atoms with E-state index in [1.165, 1.54) is 0 Å². The third-order valence-electron chi connectivity index (χ3n) is 3.07. The molecule has 1 N–H and O–H groups in total. The van der Waals surface area contributed by atoms with E-state index in [-0.39, 0.29) is 11.8 Å². The summed E-state index contributed by atoms with van der Waals surface area (Å²) < 4.78 is 4.98. The van der Waals surface area contributed by atoms with Gasteiger partial charge in [-0.1, -0.05) is 12.1 Å². The second-order valence-corrected chi connectivity index (χ2v) is 4.54. The standard InChI is InChI=1S/C11H16N2O3/c1-7-4-13(6-10(7)11(14)15)5-9-3-8(2)16-12-9/h3,7,10H,4-6H2,1-2H3,(H,14,15). The zero-order valence-corrected chi connectivity index (χ0v) is 9.51. The van der Waals surface area contributed by atoms with E-state index < -0.39 is 5.97 Å². The number of aliphatic carboxylic acids is 1. The van der Waals surface area contributed by atoms with E-state index in [4.69, 9.17) is 9.63 Å². The average molecular weight is 224 g/mol. The first-order valence-electron chi connectivity index (χ1n) is 5.43. The number of rotatable bonds is 3. The van der Waals surface area contributed by atoms with Crippen LogP contribution in [0.25, 0.3) is 0 Å². The van der Waals surface area contributed by atoms with E-state index in [1.54, 1.807) is 0 Å². The molecule has 0 amide bonds. The SMILES string of the molecule is Cc1cc(CN2CC(C)C(C(=O)O)C2)no1. The molecule has 88 valence electrons. The van der Waals surface area contributed by atoms with Crippen LogP contribution in [0.5, 0.6) is 0 Å². The van der Waals surface area contributed by atoms with Crippen molar-refractivity contribution in [2.45, 2.75) is 20.4 Å². The predicted molar refractivity (Wildman–Crippen MR) is 56.8 cm³/mol. The van der Waals surface area contributed by atoms with Gasteiger partial charge in [-0.15, -0.1) is 0 Å². The van der Waals surface area contributed by atoms with Gasteiger partial charge in [0.2, 0.25) is 0 Å². The number of carbonyl (C=O) groups is 1. The van der Waals surface area contributed by atoms with Crippen LogP contribution in [-0.4, -0.2) is 34.2 Å². The summed E-state index contributed by atoms with van der Waals surface area (Å²) >= 11 is 0. The molecule has 16 heavy (non-hydrogen) atoms. The lowest BCUT2D eigenvalue weighted by Crippen LogP contribution is -2.23. The van der Waals surface area contributed by atoms with Crippen LogP contribution in [-0.2, 0) is 11.3 Å². The molecule has 1 aliphatic heterocycles. The van der Waals surface area contributed by atoms with Gasteiger partial charge >= 0.3 is 5.97 Å². The predicted octanol–water partition coefficient (Wildman–Crippen LogP) is 1.14. The van der Waals surface area contributed by atoms with E-state index in [0.717, 1.165) is 18.0 Å². The topological polar surface area (TPSA) is 66.6 Å². The van der Waals surface area contributed by atoms with Crippen LogP contribution in [0.3, 0.4) is 0 Å². The number of aromatic nitrogens is 1. The quantitative estimate of drug-likeness (QED) is 0.833. The maximum atomic E-state index is 11.0. The maximum Gasteiger partial charge on any atom is 0.308 e. The van der Waals surface area contributed by atoms with Crippen LogP contribution in [0.15, 0.2) is 10.6 Å². The smallest absolute Gasteiger partial charge is 0.308 e. The molecule has 5 nitrogen and oxygen atoms in total. The van der Waals surface area contributed by atoms with Gasteiger partial charge in [-0.05, 0) is 12.8 Å². The highest BCUT2D eigenvalue weighted by Crippen LogP contribution is 2.24. The summed E-state index contributed by atoms with van der Waals surface area (Å²) in [7, 11) is 0. The third kappa shape index (κ3) is 2.24.